The molecular formula is C16H21BN4O. The van der Waals surface area contributed by atoms with Gasteiger partial charge in [-0.05, 0) is 30.7 Å². The molecule has 1 unspecified atom stereocenters. The molecule has 2 aromatic rings. The van der Waals surface area contributed by atoms with Crippen LogP contribution in [0.2, 0.25) is 0 Å². The van der Waals surface area contributed by atoms with E-state index < -0.39 is 0 Å². The van der Waals surface area contributed by atoms with Crippen LogP contribution in [0.5, 0.6) is 0 Å². The molecule has 2 aromatic heterocycles. The number of ether oxygens (including phenoxy) is 1. The zero-order valence-electron chi connectivity index (χ0n) is 13.2. The maximum Gasteiger partial charge on any atom is 0.131 e. The first-order valence-corrected chi connectivity index (χ1v) is 7.91. The predicted molar refractivity (Wildman–Crippen MR) is 86.3 cm³/mol. The predicted octanol–water partition coefficient (Wildman–Crippen LogP) is 1.83. The average molecular weight is 296 g/mol. The lowest BCUT2D eigenvalue weighted by molar-refractivity contribution is 0.00370. The SMILES string of the molecule is [B]c1cnc(-c2cn(CC3CCCCO3)nn2)c(C(C)C)c1. The van der Waals surface area contributed by atoms with Crippen LogP contribution in [0.4, 0.5) is 0 Å². The van der Waals surface area contributed by atoms with E-state index in [0.717, 1.165) is 42.9 Å². The Morgan fingerprint density at radius 2 is 2.27 bits per heavy atom. The Balaban J connectivity index is 1.81. The fourth-order valence-electron chi connectivity index (χ4n) is 2.81. The Bertz CT molecular complexity index is 635. The first-order chi connectivity index (χ1) is 10.6. The van der Waals surface area contributed by atoms with Crippen molar-refractivity contribution in [1.29, 1.82) is 0 Å². The van der Waals surface area contributed by atoms with Crippen molar-refractivity contribution >= 4 is 13.3 Å². The fraction of sp³-hybridized carbons (Fsp3) is 0.562. The Morgan fingerprint density at radius 1 is 1.41 bits per heavy atom. The van der Waals surface area contributed by atoms with Gasteiger partial charge < -0.3 is 4.74 Å². The van der Waals surface area contributed by atoms with Gasteiger partial charge in [-0.25, -0.2) is 4.68 Å². The lowest BCUT2D eigenvalue weighted by Gasteiger charge is -2.21. The lowest BCUT2D eigenvalue weighted by atomic mass is 9.91. The third-order valence-electron chi connectivity index (χ3n) is 4.01. The van der Waals surface area contributed by atoms with Crippen LogP contribution in [0, 0.1) is 0 Å². The highest BCUT2D eigenvalue weighted by molar-refractivity contribution is 6.32. The van der Waals surface area contributed by atoms with Crippen LogP contribution in [-0.2, 0) is 11.3 Å². The van der Waals surface area contributed by atoms with Crippen molar-refractivity contribution in [2.24, 2.45) is 0 Å². The number of nitrogens with zero attached hydrogens (tertiary/aromatic N) is 4. The second-order valence-electron chi connectivity index (χ2n) is 6.18. The van der Waals surface area contributed by atoms with Crippen molar-refractivity contribution < 1.29 is 4.74 Å². The van der Waals surface area contributed by atoms with Gasteiger partial charge in [-0.1, -0.05) is 30.6 Å². The molecule has 2 radical (unpaired) electrons. The van der Waals surface area contributed by atoms with Gasteiger partial charge in [-0.3, -0.25) is 4.98 Å². The summed E-state index contributed by atoms with van der Waals surface area (Å²) in [4.78, 5) is 4.46. The Hall–Kier alpha value is -1.69. The first kappa shape index (κ1) is 15.2. The van der Waals surface area contributed by atoms with Gasteiger partial charge in [-0.2, -0.15) is 0 Å². The van der Waals surface area contributed by atoms with Gasteiger partial charge in [-0.15, -0.1) is 5.10 Å². The summed E-state index contributed by atoms with van der Waals surface area (Å²) < 4.78 is 7.61. The number of pyridine rings is 1. The fourth-order valence-corrected chi connectivity index (χ4v) is 2.81. The summed E-state index contributed by atoms with van der Waals surface area (Å²) >= 11 is 0. The van der Waals surface area contributed by atoms with E-state index in [1.807, 2.05) is 16.9 Å². The van der Waals surface area contributed by atoms with Crippen LogP contribution in [0.1, 0.15) is 44.6 Å². The van der Waals surface area contributed by atoms with Crippen molar-refractivity contribution in [3.8, 4) is 11.4 Å². The van der Waals surface area contributed by atoms with E-state index in [0.29, 0.717) is 11.4 Å². The second kappa shape index (κ2) is 6.61. The highest BCUT2D eigenvalue weighted by atomic mass is 16.5. The number of rotatable bonds is 4. The van der Waals surface area contributed by atoms with E-state index in [-0.39, 0.29) is 6.10 Å². The molecule has 5 nitrogen and oxygen atoms in total. The molecule has 1 aliphatic rings. The standard InChI is InChI=1S/C16H21BN4O/c1-11(2)14-7-12(17)8-18-16(14)15-10-21(20-19-15)9-13-5-3-4-6-22-13/h7-8,10-11,13H,3-6,9H2,1-2H3. The Kier molecular flexibility index (Phi) is 4.57. The zero-order valence-corrected chi connectivity index (χ0v) is 13.2. The Morgan fingerprint density at radius 3 is 3.00 bits per heavy atom. The molecule has 3 rings (SSSR count). The van der Waals surface area contributed by atoms with Crippen molar-refractivity contribution in [1.82, 2.24) is 20.0 Å². The summed E-state index contributed by atoms with van der Waals surface area (Å²) in [6, 6.07) is 1.97. The molecule has 22 heavy (non-hydrogen) atoms. The normalized spacial score (nSPS) is 18.8. The zero-order chi connectivity index (χ0) is 15.5. The number of aromatic nitrogens is 4. The first-order valence-electron chi connectivity index (χ1n) is 7.91. The van der Waals surface area contributed by atoms with E-state index in [1.165, 1.54) is 6.42 Å². The van der Waals surface area contributed by atoms with Crippen molar-refractivity contribution in [2.45, 2.75) is 51.7 Å². The number of hydrogen-bond acceptors (Lipinski definition) is 4. The van der Waals surface area contributed by atoms with Crippen LogP contribution >= 0.6 is 0 Å². The van der Waals surface area contributed by atoms with Crippen LogP contribution in [-0.4, -0.2) is 40.5 Å². The Labute approximate surface area is 132 Å². The van der Waals surface area contributed by atoms with Gasteiger partial charge in [0.2, 0.25) is 0 Å². The van der Waals surface area contributed by atoms with Gasteiger partial charge in [0.05, 0.1) is 24.5 Å². The molecule has 0 aliphatic carbocycles. The topological polar surface area (TPSA) is 52.8 Å². The summed E-state index contributed by atoms with van der Waals surface area (Å²) in [5.74, 6) is 0.331. The summed E-state index contributed by atoms with van der Waals surface area (Å²) in [7, 11) is 5.85. The van der Waals surface area contributed by atoms with E-state index >= 15 is 0 Å². The largest absolute Gasteiger partial charge is 0.376 e. The molecule has 1 aliphatic heterocycles. The van der Waals surface area contributed by atoms with Crippen molar-refractivity contribution in [3.05, 3.63) is 24.0 Å². The molecule has 3 heterocycles. The molecule has 1 atom stereocenters. The molecule has 0 spiro atoms. The molecule has 0 saturated carbocycles. The van der Waals surface area contributed by atoms with Gasteiger partial charge >= 0.3 is 0 Å². The van der Waals surface area contributed by atoms with E-state index in [4.69, 9.17) is 12.6 Å². The van der Waals surface area contributed by atoms with E-state index in [9.17, 15) is 0 Å². The summed E-state index contributed by atoms with van der Waals surface area (Å²) in [6.45, 7) is 5.85. The lowest BCUT2D eigenvalue weighted by Crippen LogP contribution is -2.24. The number of hydrogen-bond donors (Lipinski definition) is 0. The van der Waals surface area contributed by atoms with Crippen LogP contribution in [0.3, 0.4) is 0 Å². The summed E-state index contributed by atoms with van der Waals surface area (Å²) in [5.41, 5.74) is 3.43. The van der Waals surface area contributed by atoms with Crippen molar-refractivity contribution in [3.63, 3.8) is 0 Å². The quantitative estimate of drug-likeness (QED) is 0.808. The maximum atomic E-state index is 5.85. The van der Waals surface area contributed by atoms with Gasteiger partial charge in [0.1, 0.15) is 13.5 Å². The molecule has 0 N–H and O–H groups in total. The maximum absolute atomic E-state index is 5.85. The molecule has 114 valence electrons. The third kappa shape index (κ3) is 3.38. The smallest absolute Gasteiger partial charge is 0.131 e. The van der Waals surface area contributed by atoms with E-state index in [2.05, 4.69) is 29.1 Å². The summed E-state index contributed by atoms with van der Waals surface area (Å²) in [5, 5.41) is 8.50. The highest BCUT2D eigenvalue weighted by Crippen LogP contribution is 2.24. The third-order valence-corrected chi connectivity index (χ3v) is 4.01. The molecule has 1 fully saturated rings. The van der Waals surface area contributed by atoms with Gasteiger partial charge in [0.15, 0.2) is 0 Å². The van der Waals surface area contributed by atoms with Gasteiger partial charge in [0.25, 0.3) is 0 Å². The van der Waals surface area contributed by atoms with E-state index in [1.54, 1.807) is 6.20 Å². The molecular weight excluding hydrogens is 275 g/mol. The van der Waals surface area contributed by atoms with Crippen LogP contribution in [0.25, 0.3) is 11.4 Å². The molecule has 0 amide bonds. The summed E-state index contributed by atoms with van der Waals surface area (Å²) in [6.07, 6.45) is 7.33. The molecule has 0 bridgehead atoms. The minimum absolute atomic E-state index is 0.243. The second-order valence-corrected chi connectivity index (χ2v) is 6.18. The minimum atomic E-state index is 0.243. The molecule has 6 heteroatoms. The van der Waals surface area contributed by atoms with Crippen LogP contribution < -0.4 is 5.46 Å². The molecule has 1 saturated heterocycles. The minimum Gasteiger partial charge on any atom is -0.376 e. The van der Waals surface area contributed by atoms with Crippen molar-refractivity contribution in [2.75, 3.05) is 6.61 Å². The highest BCUT2D eigenvalue weighted by Gasteiger charge is 2.17. The van der Waals surface area contributed by atoms with Crippen LogP contribution in [0.15, 0.2) is 18.5 Å². The monoisotopic (exact) mass is 296 g/mol. The average Bonchev–Trinajstić information content (AvgIpc) is 2.96. The molecule has 0 aromatic carbocycles. The van der Waals surface area contributed by atoms with Gasteiger partial charge in [0, 0.05) is 12.8 Å².